The second-order valence-corrected chi connectivity index (χ2v) is 6.05. The standard InChI is InChI=1S/C18H26N4O/c1-2-22(13-14-7-5-6-12-23-14)18-15-8-3-4-9-16(15)20-17(21-18)10-11-19/h3-4,8-9,14H,2,5-7,10-13,19H2,1H3/t14-/m0/s1. The molecule has 1 fully saturated rings. The Morgan fingerprint density at radius 3 is 2.87 bits per heavy atom. The Bertz CT molecular complexity index is 640. The second kappa shape index (κ2) is 7.70. The molecule has 1 aromatic carbocycles. The molecule has 1 aliphatic rings. The fraction of sp³-hybridized carbons (Fsp3) is 0.556. The number of hydrogen-bond donors (Lipinski definition) is 1. The lowest BCUT2D eigenvalue weighted by atomic mass is 10.1. The highest BCUT2D eigenvalue weighted by Gasteiger charge is 2.20. The van der Waals surface area contributed by atoms with Gasteiger partial charge < -0.3 is 15.4 Å². The molecule has 2 heterocycles. The number of likely N-dealkylation sites (N-methyl/N-ethyl adjacent to an activating group) is 1. The van der Waals surface area contributed by atoms with Crippen LogP contribution in [-0.2, 0) is 11.2 Å². The van der Waals surface area contributed by atoms with Gasteiger partial charge in [0.25, 0.3) is 0 Å². The lowest BCUT2D eigenvalue weighted by Gasteiger charge is -2.30. The zero-order chi connectivity index (χ0) is 16.1. The molecule has 0 saturated carbocycles. The summed E-state index contributed by atoms with van der Waals surface area (Å²) in [7, 11) is 0. The maximum Gasteiger partial charge on any atom is 0.140 e. The summed E-state index contributed by atoms with van der Waals surface area (Å²) in [5.74, 6) is 1.83. The molecule has 0 amide bonds. The summed E-state index contributed by atoms with van der Waals surface area (Å²) in [5, 5.41) is 1.10. The molecule has 23 heavy (non-hydrogen) atoms. The van der Waals surface area contributed by atoms with Crippen molar-refractivity contribution in [2.45, 2.75) is 38.7 Å². The normalized spacial score (nSPS) is 18.3. The quantitative estimate of drug-likeness (QED) is 0.887. The average molecular weight is 314 g/mol. The third-order valence-corrected chi connectivity index (χ3v) is 4.38. The highest BCUT2D eigenvalue weighted by molar-refractivity contribution is 5.89. The van der Waals surface area contributed by atoms with Crippen molar-refractivity contribution in [3.8, 4) is 0 Å². The van der Waals surface area contributed by atoms with Gasteiger partial charge in [-0.3, -0.25) is 0 Å². The van der Waals surface area contributed by atoms with Crippen LogP contribution in [0.2, 0.25) is 0 Å². The third kappa shape index (κ3) is 3.79. The molecular weight excluding hydrogens is 288 g/mol. The number of ether oxygens (including phenoxy) is 1. The lowest BCUT2D eigenvalue weighted by molar-refractivity contribution is 0.0210. The van der Waals surface area contributed by atoms with Gasteiger partial charge in [-0.25, -0.2) is 9.97 Å². The number of aromatic nitrogens is 2. The third-order valence-electron chi connectivity index (χ3n) is 4.38. The van der Waals surface area contributed by atoms with Crippen molar-refractivity contribution in [1.82, 2.24) is 9.97 Å². The van der Waals surface area contributed by atoms with Crippen molar-refractivity contribution in [2.24, 2.45) is 5.73 Å². The van der Waals surface area contributed by atoms with Crippen LogP contribution in [-0.4, -0.2) is 42.3 Å². The Kier molecular flexibility index (Phi) is 5.41. The van der Waals surface area contributed by atoms with Crippen LogP contribution in [0.4, 0.5) is 5.82 Å². The molecule has 0 spiro atoms. The first kappa shape index (κ1) is 16.1. The Hall–Kier alpha value is -1.72. The van der Waals surface area contributed by atoms with Gasteiger partial charge in [0.05, 0.1) is 11.6 Å². The summed E-state index contributed by atoms with van der Waals surface area (Å²) >= 11 is 0. The van der Waals surface area contributed by atoms with E-state index < -0.39 is 0 Å². The van der Waals surface area contributed by atoms with Gasteiger partial charge in [-0.15, -0.1) is 0 Å². The van der Waals surface area contributed by atoms with Crippen molar-refractivity contribution < 1.29 is 4.74 Å². The Labute approximate surface area is 137 Å². The summed E-state index contributed by atoms with van der Waals surface area (Å²) in [5.41, 5.74) is 6.69. The molecule has 1 aromatic heterocycles. The molecule has 5 nitrogen and oxygen atoms in total. The molecule has 0 aliphatic carbocycles. The molecule has 5 heteroatoms. The van der Waals surface area contributed by atoms with Gasteiger partial charge in [-0.05, 0) is 44.9 Å². The van der Waals surface area contributed by atoms with Gasteiger partial charge in [-0.2, -0.15) is 0 Å². The predicted octanol–water partition coefficient (Wildman–Crippen LogP) is 2.53. The van der Waals surface area contributed by atoms with E-state index in [1.807, 2.05) is 18.2 Å². The molecule has 124 valence electrons. The van der Waals surface area contributed by atoms with Crippen LogP contribution in [0, 0.1) is 0 Å². The predicted molar refractivity (Wildman–Crippen MR) is 93.8 cm³/mol. The minimum Gasteiger partial charge on any atom is -0.376 e. The fourth-order valence-electron chi connectivity index (χ4n) is 3.15. The first-order valence-electron chi connectivity index (χ1n) is 8.64. The number of nitrogens with two attached hydrogens (primary N) is 1. The lowest BCUT2D eigenvalue weighted by Crippen LogP contribution is -2.36. The van der Waals surface area contributed by atoms with Gasteiger partial charge in [0.2, 0.25) is 0 Å². The summed E-state index contributed by atoms with van der Waals surface area (Å²) in [6.07, 6.45) is 4.57. The zero-order valence-electron chi connectivity index (χ0n) is 13.9. The first-order valence-corrected chi connectivity index (χ1v) is 8.64. The molecule has 3 rings (SSSR count). The van der Waals surface area contributed by atoms with E-state index >= 15 is 0 Å². The Balaban J connectivity index is 1.93. The first-order chi connectivity index (χ1) is 11.3. The number of nitrogens with zero attached hydrogens (tertiary/aromatic N) is 3. The number of fused-ring (bicyclic) bond motifs is 1. The van der Waals surface area contributed by atoms with E-state index in [4.69, 9.17) is 15.5 Å². The Morgan fingerprint density at radius 2 is 2.13 bits per heavy atom. The molecule has 0 radical (unpaired) electrons. The topological polar surface area (TPSA) is 64.3 Å². The molecule has 2 N–H and O–H groups in total. The van der Waals surface area contributed by atoms with Gasteiger partial charge in [0, 0.05) is 31.5 Å². The highest BCUT2D eigenvalue weighted by Crippen LogP contribution is 2.25. The van der Waals surface area contributed by atoms with Gasteiger partial charge in [0.15, 0.2) is 0 Å². The number of anilines is 1. The molecule has 1 saturated heterocycles. The van der Waals surface area contributed by atoms with Crippen LogP contribution >= 0.6 is 0 Å². The summed E-state index contributed by atoms with van der Waals surface area (Å²) in [4.78, 5) is 11.8. The Morgan fingerprint density at radius 1 is 1.26 bits per heavy atom. The van der Waals surface area contributed by atoms with Gasteiger partial charge >= 0.3 is 0 Å². The minimum atomic E-state index is 0.301. The van der Waals surface area contributed by atoms with E-state index in [1.165, 1.54) is 12.8 Å². The maximum atomic E-state index is 5.92. The molecular formula is C18H26N4O. The number of hydrogen-bond acceptors (Lipinski definition) is 5. The monoisotopic (exact) mass is 314 g/mol. The maximum absolute atomic E-state index is 5.92. The van der Waals surface area contributed by atoms with E-state index in [9.17, 15) is 0 Å². The van der Waals surface area contributed by atoms with E-state index in [-0.39, 0.29) is 0 Å². The molecule has 1 atom stereocenters. The van der Waals surface area contributed by atoms with Crippen LogP contribution < -0.4 is 10.6 Å². The zero-order valence-corrected chi connectivity index (χ0v) is 13.9. The van der Waals surface area contributed by atoms with Crippen LogP contribution in [0.15, 0.2) is 24.3 Å². The van der Waals surface area contributed by atoms with Crippen LogP contribution in [0.3, 0.4) is 0 Å². The molecule has 0 unspecified atom stereocenters. The van der Waals surface area contributed by atoms with Crippen molar-refractivity contribution in [2.75, 3.05) is 31.1 Å². The summed E-state index contributed by atoms with van der Waals surface area (Å²) < 4.78 is 5.92. The van der Waals surface area contributed by atoms with Gasteiger partial charge in [0.1, 0.15) is 11.6 Å². The van der Waals surface area contributed by atoms with Crippen LogP contribution in [0.25, 0.3) is 10.9 Å². The number of rotatable bonds is 6. The van der Waals surface area contributed by atoms with Crippen LogP contribution in [0.5, 0.6) is 0 Å². The van der Waals surface area contributed by atoms with Crippen molar-refractivity contribution in [3.63, 3.8) is 0 Å². The van der Waals surface area contributed by atoms with E-state index in [0.29, 0.717) is 19.1 Å². The van der Waals surface area contributed by atoms with Crippen LogP contribution in [0.1, 0.15) is 32.0 Å². The number of benzene rings is 1. The average Bonchev–Trinajstić information content (AvgIpc) is 2.60. The SMILES string of the molecule is CCN(C[C@@H]1CCCCO1)c1nc(CCN)nc2ccccc12. The smallest absolute Gasteiger partial charge is 0.140 e. The van der Waals surface area contributed by atoms with E-state index in [0.717, 1.165) is 48.7 Å². The largest absolute Gasteiger partial charge is 0.376 e. The van der Waals surface area contributed by atoms with Crippen molar-refractivity contribution in [1.29, 1.82) is 0 Å². The summed E-state index contributed by atoms with van der Waals surface area (Å²) in [6.45, 7) is 5.41. The van der Waals surface area contributed by atoms with E-state index in [2.05, 4.69) is 22.9 Å². The minimum absolute atomic E-state index is 0.301. The second-order valence-electron chi connectivity index (χ2n) is 6.05. The fourth-order valence-corrected chi connectivity index (χ4v) is 3.15. The molecule has 0 bridgehead atoms. The summed E-state index contributed by atoms with van der Waals surface area (Å²) in [6, 6.07) is 8.21. The van der Waals surface area contributed by atoms with E-state index in [1.54, 1.807) is 0 Å². The van der Waals surface area contributed by atoms with Gasteiger partial charge in [-0.1, -0.05) is 12.1 Å². The molecule has 2 aromatic rings. The number of para-hydroxylation sites is 1. The highest BCUT2D eigenvalue weighted by atomic mass is 16.5. The van der Waals surface area contributed by atoms with Crippen molar-refractivity contribution in [3.05, 3.63) is 30.1 Å². The van der Waals surface area contributed by atoms with Crippen molar-refractivity contribution >= 4 is 16.7 Å². The molecule has 1 aliphatic heterocycles.